The van der Waals surface area contributed by atoms with Crippen LogP contribution in [0.5, 0.6) is 0 Å². The van der Waals surface area contributed by atoms with Crippen LogP contribution in [0.2, 0.25) is 0 Å². The van der Waals surface area contributed by atoms with Crippen LogP contribution in [0.25, 0.3) is 0 Å². The summed E-state index contributed by atoms with van der Waals surface area (Å²) < 4.78 is 10.5. The predicted molar refractivity (Wildman–Crippen MR) is 97.6 cm³/mol. The van der Waals surface area contributed by atoms with Gasteiger partial charge in [0, 0.05) is 12.2 Å². The van der Waals surface area contributed by atoms with Gasteiger partial charge in [-0.25, -0.2) is 9.59 Å². The van der Waals surface area contributed by atoms with Gasteiger partial charge in [-0.15, -0.1) is 0 Å². The Balaban J connectivity index is 3.86. The van der Waals surface area contributed by atoms with E-state index in [1.54, 1.807) is 0 Å². The Kier molecular flexibility index (Phi) is 13.3. The minimum Gasteiger partial charge on any atom is -0.463 e. The zero-order valence-corrected chi connectivity index (χ0v) is 16.2. The number of carbonyl (C=O) groups is 2. The zero-order valence-electron chi connectivity index (χ0n) is 16.2. The van der Waals surface area contributed by atoms with Crippen molar-refractivity contribution in [1.29, 1.82) is 0 Å². The van der Waals surface area contributed by atoms with Gasteiger partial charge in [-0.05, 0) is 18.3 Å². The van der Waals surface area contributed by atoms with Gasteiger partial charge in [0.2, 0.25) is 0 Å². The number of unbranched alkanes of at least 4 members (excludes halogenated alkanes) is 6. The smallest absolute Gasteiger partial charge is 0.331 e. The molecule has 4 nitrogen and oxygen atoms in total. The van der Waals surface area contributed by atoms with Crippen LogP contribution in [0.1, 0.15) is 79.6 Å². The summed E-state index contributed by atoms with van der Waals surface area (Å²) in [6.07, 6.45) is 10.4. The van der Waals surface area contributed by atoms with E-state index in [2.05, 4.69) is 6.92 Å². The quantitative estimate of drug-likeness (QED) is 0.267. The Morgan fingerprint density at radius 1 is 0.792 bits per heavy atom. The van der Waals surface area contributed by atoms with E-state index in [1.165, 1.54) is 32.1 Å². The maximum Gasteiger partial charge on any atom is 0.331 e. The van der Waals surface area contributed by atoms with Crippen LogP contribution in [0.15, 0.2) is 12.2 Å². The lowest BCUT2D eigenvalue weighted by Gasteiger charge is -2.24. The topological polar surface area (TPSA) is 52.6 Å². The molecule has 0 spiro atoms. The van der Waals surface area contributed by atoms with Crippen LogP contribution in [0.4, 0.5) is 0 Å². The molecule has 0 rings (SSSR count). The normalized spacial score (nSPS) is 11.7. The van der Waals surface area contributed by atoms with Gasteiger partial charge in [0.15, 0.2) is 0 Å². The SMILES string of the molecule is CCCCCCCCCOC(=O)/C=C/C(=O)OC(C(C)C)C(C)C. The van der Waals surface area contributed by atoms with Crippen molar-refractivity contribution in [2.24, 2.45) is 11.8 Å². The molecule has 24 heavy (non-hydrogen) atoms. The maximum absolute atomic E-state index is 11.8. The lowest BCUT2D eigenvalue weighted by Crippen LogP contribution is -2.28. The summed E-state index contributed by atoms with van der Waals surface area (Å²) >= 11 is 0. The first-order valence-corrected chi connectivity index (χ1v) is 9.43. The molecule has 0 saturated heterocycles. The average molecular weight is 341 g/mol. The highest BCUT2D eigenvalue weighted by Crippen LogP contribution is 2.16. The molecule has 0 fully saturated rings. The molecule has 0 saturated carbocycles. The molecule has 140 valence electrons. The first-order valence-electron chi connectivity index (χ1n) is 9.43. The van der Waals surface area contributed by atoms with E-state index >= 15 is 0 Å². The summed E-state index contributed by atoms with van der Waals surface area (Å²) in [5.41, 5.74) is 0. The minimum atomic E-state index is -0.490. The summed E-state index contributed by atoms with van der Waals surface area (Å²) in [4.78, 5) is 23.3. The molecular weight excluding hydrogens is 304 g/mol. The summed E-state index contributed by atoms with van der Waals surface area (Å²) in [6, 6.07) is 0. The second kappa shape index (κ2) is 14.1. The first kappa shape index (κ1) is 22.7. The number of rotatable bonds is 13. The molecule has 0 aromatic heterocycles. The van der Waals surface area contributed by atoms with Crippen LogP contribution in [-0.4, -0.2) is 24.6 Å². The van der Waals surface area contributed by atoms with Crippen LogP contribution in [-0.2, 0) is 19.1 Å². The highest BCUT2D eigenvalue weighted by molar-refractivity contribution is 5.91. The molecule has 4 heteroatoms. The van der Waals surface area contributed by atoms with Crippen molar-refractivity contribution in [3.63, 3.8) is 0 Å². The van der Waals surface area contributed by atoms with E-state index in [9.17, 15) is 9.59 Å². The Labute approximate surface area is 148 Å². The lowest BCUT2D eigenvalue weighted by molar-refractivity contribution is -0.148. The molecule has 0 radical (unpaired) electrons. The molecule has 0 N–H and O–H groups in total. The predicted octanol–water partition coefficient (Wildman–Crippen LogP) is 5.06. The van der Waals surface area contributed by atoms with Crippen LogP contribution >= 0.6 is 0 Å². The highest BCUT2D eigenvalue weighted by Gasteiger charge is 2.20. The van der Waals surface area contributed by atoms with Gasteiger partial charge < -0.3 is 9.47 Å². The number of hydrogen-bond acceptors (Lipinski definition) is 4. The summed E-state index contributed by atoms with van der Waals surface area (Å²) in [7, 11) is 0. The summed E-state index contributed by atoms with van der Waals surface area (Å²) in [6.45, 7) is 10.7. The highest BCUT2D eigenvalue weighted by atomic mass is 16.5. The molecule has 0 unspecified atom stereocenters. The van der Waals surface area contributed by atoms with E-state index in [1.807, 2.05) is 27.7 Å². The van der Waals surface area contributed by atoms with Crippen molar-refractivity contribution in [3.05, 3.63) is 12.2 Å². The first-order chi connectivity index (χ1) is 11.4. The van der Waals surface area contributed by atoms with Crippen molar-refractivity contribution >= 4 is 11.9 Å². The van der Waals surface area contributed by atoms with Crippen LogP contribution in [0, 0.1) is 11.8 Å². The van der Waals surface area contributed by atoms with E-state index in [0.717, 1.165) is 25.0 Å². The van der Waals surface area contributed by atoms with Gasteiger partial charge in [-0.3, -0.25) is 0 Å². The number of ether oxygens (including phenoxy) is 2. The molecule has 0 aromatic rings. The van der Waals surface area contributed by atoms with E-state index in [4.69, 9.17) is 9.47 Å². The molecule has 0 aliphatic heterocycles. The Hall–Kier alpha value is -1.32. The molecule has 0 amide bonds. The molecule has 0 aromatic carbocycles. The Bertz CT molecular complexity index is 364. The second-order valence-electron chi connectivity index (χ2n) is 7.01. The third-order valence-corrected chi connectivity index (χ3v) is 3.91. The molecule has 0 atom stereocenters. The zero-order chi connectivity index (χ0) is 18.4. The van der Waals surface area contributed by atoms with Crippen LogP contribution < -0.4 is 0 Å². The third-order valence-electron chi connectivity index (χ3n) is 3.91. The molecule has 0 aliphatic rings. The number of carbonyl (C=O) groups excluding carboxylic acids is 2. The lowest BCUT2D eigenvalue weighted by atomic mass is 9.96. The average Bonchev–Trinajstić information content (AvgIpc) is 2.52. The standard InChI is InChI=1S/C20H36O4/c1-6-7-8-9-10-11-12-15-23-18(21)13-14-19(22)24-20(16(2)3)17(4)5/h13-14,16-17,20H,6-12,15H2,1-5H3/b14-13+. The fraction of sp³-hybridized carbons (Fsp3) is 0.800. The van der Waals surface area contributed by atoms with Gasteiger partial charge in [0.1, 0.15) is 6.10 Å². The second-order valence-corrected chi connectivity index (χ2v) is 7.01. The number of hydrogen-bond donors (Lipinski definition) is 0. The van der Waals surface area contributed by atoms with Crippen molar-refractivity contribution in [2.45, 2.75) is 85.7 Å². The van der Waals surface area contributed by atoms with Gasteiger partial charge >= 0.3 is 11.9 Å². The maximum atomic E-state index is 11.8. The monoisotopic (exact) mass is 340 g/mol. The molecule has 0 heterocycles. The summed E-state index contributed by atoms with van der Waals surface area (Å²) in [5, 5.41) is 0. The van der Waals surface area contributed by atoms with Crippen molar-refractivity contribution < 1.29 is 19.1 Å². The van der Waals surface area contributed by atoms with Gasteiger partial charge in [0.05, 0.1) is 6.61 Å². The van der Waals surface area contributed by atoms with Gasteiger partial charge in [-0.2, -0.15) is 0 Å². The van der Waals surface area contributed by atoms with E-state index < -0.39 is 11.9 Å². The van der Waals surface area contributed by atoms with Crippen molar-refractivity contribution in [3.8, 4) is 0 Å². The molecule has 0 aliphatic carbocycles. The molecular formula is C20H36O4. The van der Waals surface area contributed by atoms with Crippen molar-refractivity contribution in [1.82, 2.24) is 0 Å². The van der Waals surface area contributed by atoms with Crippen molar-refractivity contribution in [2.75, 3.05) is 6.61 Å². The Morgan fingerprint density at radius 2 is 1.29 bits per heavy atom. The largest absolute Gasteiger partial charge is 0.463 e. The third kappa shape index (κ3) is 12.1. The fourth-order valence-electron chi connectivity index (χ4n) is 2.63. The Morgan fingerprint density at radius 3 is 1.83 bits per heavy atom. The van der Waals surface area contributed by atoms with E-state index in [0.29, 0.717) is 6.61 Å². The summed E-state index contributed by atoms with van der Waals surface area (Å²) in [5.74, 6) is -0.489. The number of esters is 2. The van der Waals surface area contributed by atoms with Crippen LogP contribution in [0.3, 0.4) is 0 Å². The van der Waals surface area contributed by atoms with E-state index in [-0.39, 0.29) is 17.9 Å². The molecule has 0 bridgehead atoms. The minimum absolute atomic E-state index is 0.147. The van der Waals surface area contributed by atoms with Gasteiger partial charge in [-0.1, -0.05) is 73.1 Å². The van der Waals surface area contributed by atoms with Gasteiger partial charge in [0.25, 0.3) is 0 Å². The fourth-order valence-corrected chi connectivity index (χ4v) is 2.63.